The number of nitrogens with two attached hydrogens (primary N) is 1. The molecule has 0 atom stereocenters. The third-order valence-corrected chi connectivity index (χ3v) is 2.75. The summed E-state index contributed by atoms with van der Waals surface area (Å²) >= 11 is 0. The van der Waals surface area contributed by atoms with Crippen molar-refractivity contribution in [2.75, 3.05) is 37.7 Å². The van der Waals surface area contributed by atoms with Crippen molar-refractivity contribution in [2.45, 2.75) is 6.92 Å². The summed E-state index contributed by atoms with van der Waals surface area (Å²) in [4.78, 5) is 13.1. The number of carbonyl (C=O) groups is 1. The van der Waals surface area contributed by atoms with E-state index in [9.17, 15) is 9.18 Å². The molecule has 0 saturated heterocycles. The second-order valence-electron chi connectivity index (χ2n) is 4.01. The fourth-order valence-electron chi connectivity index (χ4n) is 1.51. The van der Waals surface area contributed by atoms with E-state index in [1.54, 1.807) is 0 Å². The number of nitrogens with zero attached hydrogens (tertiary/aromatic N) is 1. The van der Waals surface area contributed by atoms with Crippen LogP contribution in [0.15, 0.2) is 12.1 Å². The molecule has 1 rings (SSSR count). The van der Waals surface area contributed by atoms with Crippen molar-refractivity contribution in [1.29, 1.82) is 0 Å². The highest BCUT2D eigenvalue weighted by Gasteiger charge is 2.17. The molecule has 100 valence electrons. The van der Waals surface area contributed by atoms with Crippen LogP contribution in [0.1, 0.15) is 17.3 Å². The number of benzene rings is 1. The third kappa shape index (κ3) is 3.33. The highest BCUT2D eigenvalue weighted by Crippen LogP contribution is 2.24. The van der Waals surface area contributed by atoms with Gasteiger partial charge in [-0.15, -0.1) is 0 Å². The molecule has 6 heteroatoms. The maximum atomic E-state index is 13.2. The summed E-state index contributed by atoms with van der Waals surface area (Å²) in [7, 11) is 1.96. The standard InChI is InChI=1S/C12H18FN3O2/c1-3-16(2)7-6-15-9-5-4-8(13)11(14)10(9)12(17)18/h4-5,15H,3,6-7,14H2,1-2H3,(H,17,18). The molecule has 0 aliphatic carbocycles. The molecule has 0 aromatic heterocycles. The Morgan fingerprint density at radius 1 is 1.56 bits per heavy atom. The summed E-state index contributed by atoms with van der Waals surface area (Å²) in [5.74, 6) is -1.96. The summed E-state index contributed by atoms with van der Waals surface area (Å²) in [5, 5.41) is 12.0. The molecule has 0 bridgehead atoms. The minimum absolute atomic E-state index is 0.214. The molecule has 0 spiro atoms. The molecule has 0 radical (unpaired) electrons. The van der Waals surface area contributed by atoms with Crippen molar-refractivity contribution in [3.8, 4) is 0 Å². The lowest BCUT2D eigenvalue weighted by Gasteiger charge is -2.16. The number of aromatic carboxylic acids is 1. The Morgan fingerprint density at radius 2 is 2.22 bits per heavy atom. The second kappa shape index (κ2) is 6.20. The molecular formula is C12H18FN3O2. The molecule has 0 heterocycles. The number of carboxylic acids is 1. The number of carboxylic acid groups (broad SMARTS) is 1. The van der Waals surface area contributed by atoms with Crippen LogP contribution in [0.2, 0.25) is 0 Å². The van der Waals surface area contributed by atoms with Crippen molar-refractivity contribution < 1.29 is 14.3 Å². The van der Waals surface area contributed by atoms with Gasteiger partial charge in [0.25, 0.3) is 0 Å². The number of halogens is 1. The Hall–Kier alpha value is -1.82. The topological polar surface area (TPSA) is 78.6 Å². The molecule has 5 nitrogen and oxygen atoms in total. The van der Waals surface area contributed by atoms with E-state index in [0.717, 1.165) is 19.2 Å². The van der Waals surface area contributed by atoms with Crippen molar-refractivity contribution in [3.05, 3.63) is 23.5 Å². The minimum atomic E-state index is -1.24. The number of anilines is 2. The number of hydrogen-bond acceptors (Lipinski definition) is 4. The first-order valence-corrected chi connectivity index (χ1v) is 5.71. The van der Waals surface area contributed by atoms with Crippen LogP contribution in [0.4, 0.5) is 15.8 Å². The third-order valence-electron chi connectivity index (χ3n) is 2.75. The van der Waals surface area contributed by atoms with Crippen LogP contribution in [-0.4, -0.2) is 42.7 Å². The SMILES string of the molecule is CCN(C)CCNc1ccc(F)c(N)c1C(=O)O. The van der Waals surface area contributed by atoms with Crippen molar-refractivity contribution in [2.24, 2.45) is 0 Å². The average Bonchev–Trinajstić information content (AvgIpc) is 2.33. The van der Waals surface area contributed by atoms with Crippen LogP contribution < -0.4 is 11.1 Å². The Balaban J connectivity index is 2.83. The summed E-state index contributed by atoms with van der Waals surface area (Å²) in [6.07, 6.45) is 0. The van der Waals surface area contributed by atoms with Gasteiger partial charge < -0.3 is 21.1 Å². The molecular weight excluding hydrogens is 237 g/mol. The monoisotopic (exact) mass is 255 g/mol. The maximum Gasteiger partial charge on any atom is 0.340 e. The van der Waals surface area contributed by atoms with E-state index >= 15 is 0 Å². The molecule has 0 aliphatic rings. The smallest absolute Gasteiger partial charge is 0.340 e. The minimum Gasteiger partial charge on any atom is -0.478 e. The Bertz CT molecular complexity index is 438. The molecule has 0 saturated carbocycles. The van der Waals surface area contributed by atoms with E-state index in [4.69, 9.17) is 10.8 Å². The van der Waals surface area contributed by atoms with Crippen LogP contribution in [0, 0.1) is 5.82 Å². The van der Waals surface area contributed by atoms with Crippen molar-refractivity contribution in [3.63, 3.8) is 0 Å². The predicted molar refractivity (Wildman–Crippen MR) is 69.4 cm³/mol. The molecule has 18 heavy (non-hydrogen) atoms. The molecule has 1 aromatic carbocycles. The number of nitrogen functional groups attached to an aromatic ring is 1. The van der Waals surface area contributed by atoms with Gasteiger partial charge in [0.05, 0.1) is 11.4 Å². The predicted octanol–water partition coefficient (Wildman–Crippen LogP) is 1.47. The van der Waals surface area contributed by atoms with Gasteiger partial charge in [0.15, 0.2) is 0 Å². The van der Waals surface area contributed by atoms with Gasteiger partial charge in [-0.2, -0.15) is 0 Å². The molecule has 0 fully saturated rings. The van der Waals surface area contributed by atoms with E-state index < -0.39 is 11.8 Å². The molecule has 1 aromatic rings. The summed E-state index contributed by atoms with van der Waals surface area (Å²) in [6, 6.07) is 2.55. The van der Waals surface area contributed by atoms with E-state index in [2.05, 4.69) is 10.2 Å². The van der Waals surface area contributed by atoms with E-state index in [-0.39, 0.29) is 11.3 Å². The fraction of sp³-hybridized carbons (Fsp3) is 0.417. The van der Waals surface area contributed by atoms with Gasteiger partial charge >= 0.3 is 5.97 Å². The van der Waals surface area contributed by atoms with Crippen molar-refractivity contribution in [1.82, 2.24) is 4.90 Å². The second-order valence-corrected chi connectivity index (χ2v) is 4.01. The van der Waals surface area contributed by atoms with Gasteiger partial charge in [-0.05, 0) is 25.7 Å². The lowest BCUT2D eigenvalue weighted by atomic mass is 10.1. The summed E-state index contributed by atoms with van der Waals surface area (Å²) < 4.78 is 13.2. The van der Waals surface area contributed by atoms with Crippen LogP contribution in [0.3, 0.4) is 0 Å². The van der Waals surface area contributed by atoms with E-state index in [1.807, 2.05) is 14.0 Å². The van der Waals surface area contributed by atoms with Gasteiger partial charge in [-0.1, -0.05) is 6.92 Å². The van der Waals surface area contributed by atoms with Gasteiger partial charge in [0.2, 0.25) is 0 Å². The Morgan fingerprint density at radius 3 is 2.78 bits per heavy atom. The lowest BCUT2D eigenvalue weighted by molar-refractivity contribution is 0.0698. The largest absolute Gasteiger partial charge is 0.478 e. The molecule has 0 unspecified atom stereocenters. The first kappa shape index (κ1) is 14.2. The lowest BCUT2D eigenvalue weighted by Crippen LogP contribution is -2.25. The van der Waals surface area contributed by atoms with Gasteiger partial charge in [0.1, 0.15) is 11.4 Å². The zero-order valence-corrected chi connectivity index (χ0v) is 10.5. The summed E-state index contributed by atoms with van der Waals surface area (Å²) in [6.45, 7) is 4.25. The molecule has 0 amide bonds. The van der Waals surface area contributed by atoms with Gasteiger partial charge in [-0.25, -0.2) is 9.18 Å². The zero-order valence-electron chi connectivity index (χ0n) is 10.5. The van der Waals surface area contributed by atoms with Gasteiger partial charge in [-0.3, -0.25) is 0 Å². The maximum absolute atomic E-state index is 13.2. The van der Waals surface area contributed by atoms with Gasteiger partial charge in [0, 0.05) is 13.1 Å². The first-order chi connectivity index (χ1) is 8.47. The Labute approximate surface area is 105 Å². The fourth-order valence-corrected chi connectivity index (χ4v) is 1.51. The average molecular weight is 255 g/mol. The number of rotatable bonds is 6. The number of nitrogens with one attached hydrogen (secondary N) is 1. The van der Waals surface area contributed by atoms with E-state index in [0.29, 0.717) is 12.2 Å². The number of likely N-dealkylation sites (N-methyl/N-ethyl adjacent to an activating group) is 1. The molecule has 4 N–H and O–H groups in total. The van der Waals surface area contributed by atoms with E-state index in [1.165, 1.54) is 6.07 Å². The number of hydrogen-bond donors (Lipinski definition) is 3. The highest BCUT2D eigenvalue weighted by molar-refractivity contribution is 6.00. The normalized spacial score (nSPS) is 10.7. The highest BCUT2D eigenvalue weighted by atomic mass is 19.1. The van der Waals surface area contributed by atoms with Crippen LogP contribution in [0.25, 0.3) is 0 Å². The Kier molecular flexibility index (Phi) is 4.91. The molecule has 0 aliphatic heterocycles. The van der Waals surface area contributed by atoms with Crippen molar-refractivity contribution >= 4 is 17.3 Å². The summed E-state index contributed by atoms with van der Waals surface area (Å²) in [5.41, 5.74) is 5.22. The van der Waals surface area contributed by atoms with Crippen LogP contribution in [-0.2, 0) is 0 Å². The first-order valence-electron chi connectivity index (χ1n) is 5.71. The quantitative estimate of drug-likeness (QED) is 0.671. The van der Waals surface area contributed by atoms with Crippen LogP contribution >= 0.6 is 0 Å². The zero-order chi connectivity index (χ0) is 13.7. The van der Waals surface area contributed by atoms with Crippen LogP contribution in [0.5, 0.6) is 0 Å².